The van der Waals surface area contributed by atoms with Crippen LogP contribution < -0.4 is 0 Å². The minimum absolute atomic E-state index is 0.103. The van der Waals surface area contributed by atoms with Crippen molar-refractivity contribution in [2.45, 2.75) is 25.2 Å². The van der Waals surface area contributed by atoms with Crippen LogP contribution >= 0.6 is 15.9 Å². The van der Waals surface area contributed by atoms with E-state index in [9.17, 15) is 5.11 Å². The van der Waals surface area contributed by atoms with Gasteiger partial charge in [0.25, 0.3) is 0 Å². The number of benzene rings is 1. The van der Waals surface area contributed by atoms with Gasteiger partial charge in [-0.1, -0.05) is 28.1 Å². The average Bonchev–Trinajstić information content (AvgIpc) is 2.90. The van der Waals surface area contributed by atoms with Crippen LogP contribution in [0.4, 0.5) is 0 Å². The van der Waals surface area contributed by atoms with E-state index in [2.05, 4.69) is 41.1 Å². The van der Waals surface area contributed by atoms with Gasteiger partial charge in [0.1, 0.15) is 0 Å². The molecule has 1 N–H and O–H groups in total. The van der Waals surface area contributed by atoms with Crippen molar-refractivity contribution in [3.8, 4) is 0 Å². The number of hydrogen-bond acceptors (Lipinski definition) is 1. The van der Waals surface area contributed by atoms with Crippen molar-refractivity contribution in [1.82, 2.24) is 0 Å². The Morgan fingerprint density at radius 3 is 2.62 bits per heavy atom. The zero-order valence-corrected chi connectivity index (χ0v) is 9.26. The van der Waals surface area contributed by atoms with E-state index in [1.165, 1.54) is 11.1 Å². The van der Waals surface area contributed by atoms with Crippen LogP contribution in [-0.2, 0) is 5.41 Å². The van der Waals surface area contributed by atoms with Gasteiger partial charge >= 0.3 is 0 Å². The SMILES string of the molecule is Cc1cc(C2(CO)CC2)ccc1Br. The van der Waals surface area contributed by atoms with Crippen LogP contribution in [0.2, 0.25) is 0 Å². The molecule has 2 rings (SSSR count). The first-order valence-corrected chi connectivity index (χ1v) is 5.35. The van der Waals surface area contributed by atoms with Gasteiger partial charge in [-0.25, -0.2) is 0 Å². The summed E-state index contributed by atoms with van der Waals surface area (Å²) < 4.78 is 1.14. The molecule has 0 unspecified atom stereocenters. The average molecular weight is 241 g/mol. The van der Waals surface area contributed by atoms with Crippen LogP contribution in [0.3, 0.4) is 0 Å². The Bertz CT molecular complexity index is 329. The monoisotopic (exact) mass is 240 g/mol. The lowest BCUT2D eigenvalue weighted by molar-refractivity contribution is 0.255. The molecule has 0 aliphatic heterocycles. The standard InChI is InChI=1S/C11H13BrO/c1-8-6-9(2-3-10(8)12)11(7-13)4-5-11/h2-3,6,13H,4-5,7H2,1H3. The van der Waals surface area contributed by atoms with E-state index in [-0.39, 0.29) is 12.0 Å². The molecule has 1 aliphatic rings. The summed E-state index contributed by atoms with van der Waals surface area (Å²) in [6.07, 6.45) is 2.26. The zero-order valence-electron chi connectivity index (χ0n) is 7.68. The van der Waals surface area contributed by atoms with Crippen LogP contribution in [0, 0.1) is 6.92 Å². The largest absolute Gasteiger partial charge is 0.395 e. The highest BCUT2D eigenvalue weighted by atomic mass is 79.9. The summed E-state index contributed by atoms with van der Waals surface area (Å²) in [6, 6.07) is 6.36. The number of aliphatic hydroxyl groups is 1. The highest BCUT2D eigenvalue weighted by Crippen LogP contribution is 2.48. The molecule has 13 heavy (non-hydrogen) atoms. The van der Waals surface area contributed by atoms with Gasteiger partial charge in [0.05, 0.1) is 6.61 Å². The Labute approximate surface area is 86.9 Å². The molecular weight excluding hydrogens is 228 g/mol. The summed E-state index contributed by atoms with van der Waals surface area (Å²) in [5, 5.41) is 9.26. The molecular formula is C11H13BrO. The summed E-state index contributed by atoms with van der Waals surface area (Å²) in [4.78, 5) is 0. The van der Waals surface area contributed by atoms with Crippen molar-refractivity contribution in [2.75, 3.05) is 6.61 Å². The smallest absolute Gasteiger partial charge is 0.0527 e. The van der Waals surface area contributed by atoms with Crippen molar-refractivity contribution < 1.29 is 5.11 Å². The Morgan fingerprint density at radius 1 is 1.46 bits per heavy atom. The summed E-state index contributed by atoms with van der Waals surface area (Å²) in [7, 11) is 0. The molecule has 0 saturated heterocycles. The summed E-state index contributed by atoms with van der Waals surface area (Å²) >= 11 is 3.48. The molecule has 1 fully saturated rings. The van der Waals surface area contributed by atoms with Crippen molar-refractivity contribution in [1.29, 1.82) is 0 Å². The first-order chi connectivity index (χ1) is 6.18. The van der Waals surface area contributed by atoms with Crippen LogP contribution in [-0.4, -0.2) is 11.7 Å². The summed E-state index contributed by atoms with van der Waals surface area (Å²) in [5.74, 6) is 0. The molecule has 0 heterocycles. The van der Waals surface area contributed by atoms with Gasteiger partial charge < -0.3 is 5.11 Å². The lowest BCUT2D eigenvalue weighted by atomic mass is 9.96. The van der Waals surface area contributed by atoms with Crippen molar-refractivity contribution in [3.05, 3.63) is 33.8 Å². The van der Waals surface area contributed by atoms with E-state index in [4.69, 9.17) is 0 Å². The lowest BCUT2D eigenvalue weighted by Crippen LogP contribution is -2.11. The molecule has 1 nitrogen and oxygen atoms in total. The second-order valence-corrected chi connectivity index (χ2v) is 4.76. The molecule has 1 saturated carbocycles. The normalized spacial score (nSPS) is 18.7. The predicted octanol–water partition coefficient (Wildman–Crippen LogP) is 2.78. The fourth-order valence-corrected chi connectivity index (χ4v) is 1.91. The quantitative estimate of drug-likeness (QED) is 0.844. The summed E-state index contributed by atoms with van der Waals surface area (Å²) in [6.45, 7) is 2.37. The molecule has 0 aromatic heterocycles. The predicted molar refractivity (Wildman–Crippen MR) is 56.9 cm³/mol. The Balaban J connectivity index is 2.37. The number of aryl methyl sites for hydroxylation is 1. The van der Waals surface area contributed by atoms with E-state index >= 15 is 0 Å². The fourth-order valence-electron chi connectivity index (χ4n) is 1.66. The van der Waals surface area contributed by atoms with Crippen molar-refractivity contribution in [2.24, 2.45) is 0 Å². The van der Waals surface area contributed by atoms with Crippen LogP contribution in [0.15, 0.2) is 22.7 Å². The number of hydrogen-bond donors (Lipinski definition) is 1. The highest BCUT2D eigenvalue weighted by molar-refractivity contribution is 9.10. The van der Waals surface area contributed by atoms with E-state index in [0.29, 0.717) is 0 Å². The number of aliphatic hydroxyl groups excluding tert-OH is 1. The highest BCUT2D eigenvalue weighted by Gasteiger charge is 2.43. The zero-order chi connectivity index (χ0) is 9.47. The summed E-state index contributed by atoms with van der Waals surface area (Å²) in [5.41, 5.74) is 2.64. The third-order valence-corrected chi connectivity index (χ3v) is 3.82. The maximum absolute atomic E-state index is 9.26. The number of rotatable bonds is 2. The lowest BCUT2D eigenvalue weighted by Gasteiger charge is -2.13. The van der Waals surface area contributed by atoms with Crippen LogP contribution in [0.25, 0.3) is 0 Å². The second kappa shape index (κ2) is 3.10. The minimum atomic E-state index is 0.103. The molecule has 70 valence electrons. The Morgan fingerprint density at radius 2 is 2.15 bits per heavy atom. The van der Waals surface area contributed by atoms with Crippen molar-refractivity contribution in [3.63, 3.8) is 0 Å². The molecule has 0 amide bonds. The van der Waals surface area contributed by atoms with Gasteiger partial charge in [-0.3, -0.25) is 0 Å². The molecule has 0 atom stereocenters. The number of halogens is 1. The minimum Gasteiger partial charge on any atom is -0.395 e. The third kappa shape index (κ3) is 1.53. The molecule has 1 aromatic rings. The molecule has 0 bridgehead atoms. The van der Waals surface area contributed by atoms with Gasteiger partial charge in [0.15, 0.2) is 0 Å². The Kier molecular flexibility index (Phi) is 2.20. The van der Waals surface area contributed by atoms with Crippen LogP contribution in [0.1, 0.15) is 24.0 Å². The first-order valence-electron chi connectivity index (χ1n) is 4.55. The molecule has 0 radical (unpaired) electrons. The molecule has 1 aliphatic carbocycles. The topological polar surface area (TPSA) is 20.2 Å². The van der Waals surface area contributed by atoms with Crippen LogP contribution in [0.5, 0.6) is 0 Å². The molecule has 2 heteroatoms. The first kappa shape index (κ1) is 9.22. The van der Waals surface area contributed by atoms with E-state index in [1.54, 1.807) is 0 Å². The van der Waals surface area contributed by atoms with Gasteiger partial charge in [-0.15, -0.1) is 0 Å². The van der Waals surface area contributed by atoms with Crippen molar-refractivity contribution >= 4 is 15.9 Å². The maximum atomic E-state index is 9.26. The second-order valence-electron chi connectivity index (χ2n) is 3.90. The van der Waals surface area contributed by atoms with E-state index in [1.807, 2.05) is 0 Å². The van der Waals surface area contributed by atoms with Gasteiger partial charge in [0.2, 0.25) is 0 Å². The Hall–Kier alpha value is -0.340. The fraction of sp³-hybridized carbons (Fsp3) is 0.455. The van der Waals surface area contributed by atoms with E-state index < -0.39 is 0 Å². The van der Waals surface area contributed by atoms with Gasteiger partial charge in [-0.2, -0.15) is 0 Å². The molecule has 1 aromatic carbocycles. The third-order valence-electron chi connectivity index (χ3n) is 2.93. The van der Waals surface area contributed by atoms with Gasteiger partial charge in [-0.05, 0) is 37.0 Å². The van der Waals surface area contributed by atoms with Gasteiger partial charge in [0, 0.05) is 9.89 Å². The molecule has 0 spiro atoms. The van der Waals surface area contributed by atoms with E-state index in [0.717, 1.165) is 17.3 Å². The maximum Gasteiger partial charge on any atom is 0.0527 e.